The van der Waals surface area contributed by atoms with Crippen LogP contribution >= 0.6 is 11.6 Å². The summed E-state index contributed by atoms with van der Waals surface area (Å²) in [6.45, 7) is 4.70. The van der Waals surface area contributed by atoms with Crippen molar-refractivity contribution in [2.24, 2.45) is 0 Å². The predicted octanol–water partition coefficient (Wildman–Crippen LogP) is 5.57. The minimum absolute atomic E-state index is 0.311. The van der Waals surface area contributed by atoms with Crippen molar-refractivity contribution in [1.29, 1.82) is 0 Å². The van der Waals surface area contributed by atoms with Gasteiger partial charge in [-0.1, -0.05) is 134 Å². The van der Waals surface area contributed by atoms with E-state index >= 15 is 0 Å². The van der Waals surface area contributed by atoms with E-state index in [1.54, 1.807) is 0 Å². The predicted molar refractivity (Wildman–Crippen MR) is 128 cm³/mol. The molecule has 146 valence electrons. The van der Waals surface area contributed by atoms with Gasteiger partial charge in [-0.15, -0.1) is 11.6 Å². The number of hydrogen-bond donors (Lipinski definition) is 0. The third kappa shape index (κ3) is 6.87. The largest absolute Gasteiger partial charge is 0.241 e. The van der Waals surface area contributed by atoms with Crippen molar-refractivity contribution in [2.75, 3.05) is 5.88 Å². The summed E-state index contributed by atoms with van der Waals surface area (Å²) in [5.41, 5.74) is 5.65. The van der Waals surface area contributed by atoms with Crippen LogP contribution < -0.4 is 16.4 Å². The first kappa shape index (κ1) is 22.3. The zero-order chi connectivity index (χ0) is 20.0. The van der Waals surface area contributed by atoms with E-state index in [0.717, 1.165) is 18.7 Å². The van der Waals surface area contributed by atoms with Crippen molar-refractivity contribution in [1.82, 2.24) is 0 Å². The van der Waals surface area contributed by atoms with Crippen LogP contribution in [0.1, 0.15) is 45.1 Å². The average Bonchev–Trinajstić information content (AvgIpc) is 2.76. The van der Waals surface area contributed by atoms with Crippen LogP contribution in [0.15, 0.2) is 84.9 Å². The maximum Gasteiger partial charge on any atom is 0.241 e. The molecule has 0 bridgehead atoms. The Morgan fingerprint density at radius 2 is 1.14 bits per heavy atom. The van der Waals surface area contributed by atoms with E-state index in [-0.39, 0.29) is 0 Å². The SMILES string of the molecule is CCCCCl.CCCCc1ccccc1B(c1ccccc1)c1ccccc1. The van der Waals surface area contributed by atoms with E-state index in [9.17, 15) is 0 Å². The highest BCUT2D eigenvalue weighted by Gasteiger charge is 2.23. The topological polar surface area (TPSA) is 0 Å². The quantitative estimate of drug-likeness (QED) is 0.348. The molecule has 28 heavy (non-hydrogen) atoms. The molecule has 0 atom stereocenters. The van der Waals surface area contributed by atoms with Gasteiger partial charge in [-0.2, -0.15) is 0 Å². The van der Waals surface area contributed by atoms with Gasteiger partial charge >= 0.3 is 0 Å². The van der Waals surface area contributed by atoms with Crippen molar-refractivity contribution in [3.63, 3.8) is 0 Å². The van der Waals surface area contributed by atoms with Crippen LogP contribution in [0.2, 0.25) is 0 Å². The van der Waals surface area contributed by atoms with Crippen molar-refractivity contribution in [3.05, 3.63) is 90.5 Å². The lowest BCUT2D eigenvalue weighted by atomic mass is 9.36. The number of unbranched alkanes of at least 4 members (excludes halogenated alkanes) is 2. The van der Waals surface area contributed by atoms with Crippen LogP contribution in [0.25, 0.3) is 0 Å². The monoisotopic (exact) mass is 390 g/mol. The fourth-order valence-electron chi connectivity index (χ4n) is 3.39. The number of halogens is 1. The lowest BCUT2D eigenvalue weighted by Crippen LogP contribution is -2.53. The molecule has 0 nitrogen and oxygen atoms in total. The van der Waals surface area contributed by atoms with Gasteiger partial charge in [-0.05, 0) is 19.3 Å². The second-order valence-corrected chi connectivity index (χ2v) is 7.48. The molecule has 3 rings (SSSR count). The van der Waals surface area contributed by atoms with Crippen molar-refractivity contribution < 1.29 is 0 Å². The van der Waals surface area contributed by atoms with Gasteiger partial charge in [0.15, 0.2) is 0 Å². The van der Waals surface area contributed by atoms with Crippen LogP contribution in [0, 0.1) is 0 Å². The molecule has 0 saturated carbocycles. The Balaban J connectivity index is 0.000000500. The molecule has 0 unspecified atom stereocenters. The fraction of sp³-hybridized carbons (Fsp3) is 0.308. The lowest BCUT2D eigenvalue weighted by molar-refractivity contribution is 0.798. The second kappa shape index (κ2) is 13.2. The maximum atomic E-state index is 5.30. The molecular formula is C26H32BCl. The number of benzene rings is 3. The van der Waals surface area contributed by atoms with Gasteiger partial charge in [0.2, 0.25) is 6.71 Å². The van der Waals surface area contributed by atoms with Gasteiger partial charge in [-0.3, -0.25) is 0 Å². The van der Waals surface area contributed by atoms with Gasteiger partial charge in [0.1, 0.15) is 0 Å². The molecule has 0 radical (unpaired) electrons. The smallest absolute Gasteiger partial charge is 0.127 e. The van der Waals surface area contributed by atoms with E-state index < -0.39 is 0 Å². The normalized spacial score (nSPS) is 10.1. The Bertz CT molecular complexity index is 729. The van der Waals surface area contributed by atoms with Gasteiger partial charge in [0.25, 0.3) is 0 Å². The molecule has 0 aromatic heterocycles. The van der Waals surface area contributed by atoms with E-state index in [0.29, 0.717) is 6.71 Å². The highest BCUT2D eigenvalue weighted by molar-refractivity contribution is 6.95. The number of hydrogen-bond acceptors (Lipinski definition) is 0. The third-order valence-electron chi connectivity index (χ3n) is 4.92. The summed E-state index contributed by atoms with van der Waals surface area (Å²) in [5, 5.41) is 0. The Morgan fingerprint density at radius 1 is 0.643 bits per heavy atom. The van der Waals surface area contributed by atoms with Gasteiger partial charge in [0.05, 0.1) is 0 Å². The summed E-state index contributed by atoms with van der Waals surface area (Å²) >= 11 is 5.30. The Hall–Kier alpha value is -1.99. The minimum Gasteiger partial charge on any atom is -0.127 e. The first-order valence-electron chi connectivity index (χ1n) is 10.5. The summed E-state index contributed by atoms with van der Waals surface area (Å²) in [6, 6.07) is 30.7. The van der Waals surface area contributed by atoms with Crippen molar-refractivity contribution in [2.45, 2.75) is 46.0 Å². The zero-order valence-electron chi connectivity index (χ0n) is 17.3. The molecule has 3 aromatic carbocycles. The lowest BCUT2D eigenvalue weighted by Gasteiger charge is -2.19. The van der Waals surface area contributed by atoms with Crippen LogP contribution in [0.5, 0.6) is 0 Å². The summed E-state index contributed by atoms with van der Waals surface area (Å²) in [5.74, 6) is 0.816. The van der Waals surface area contributed by atoms with Crippen LogP contribution in [0.3, 0.4) is 0 Å². The molecule has 0 aliphatic carbocycles. The summed E-state index contributed by atoms with van der Waals surface area (Å²) in [4.78, 5) is 0. The van der Waals surface area contributed by atoms with Gasteiger partial charge in [-0.25, -0.2) is 0 Å². The van der Waals surface area contributed by atoms with Crippen molar-refractivity contribution in [3.8, 4) is 0 Å². The summed E-state index contributed by atoms with van der Waals surface area (Å²) in [7, 11) is 0. The molecule has 0 aliphatic heterocycles. The third-order valence-corrected chi connectivity index (χ3v) is 5.19. The van der Waals surface area contributed by atoms with Crippen LogP contribution in [0.4, 0.5) is 0 Å². The summed E-state index contributed by atoms with van der Waals surface area (Å²) in [6.07, 6.45) is 6.00. The van der Waals surface area contributed by atoms with Crippen LogP contribution in [-0.2, 0) is 6.42 Å². The molecule has 3 aromatic rings. The van der Waals surface area contributed by atoms with Gasteiger partial charge in [0, 0.05) is 5.88 Å². The second-order valence-electron chi connectivity index (χ2n) is 7.10. The van der Waals surface area contributed by atoms with Crippen molar-refractivity contribution >= 4 is 34.7 Å². The molecule has 0 fully saturated rings. The van der Waals surface area contributed by atoms with E-state index in [1.807, 2.05) is 0 Å². The Labute approximate surface area is 177 Å². The molecular weight excluding hydrogens is 359 g/mol. The molecule has 0 spiro atoms. The van der Waals surface area contributed by atoms with E-state index in [4.69, 9.17) is 11.6 Å². The molecule has 0 aliphatic rings. The minimum atomic E-state index is 0.311. The number of aryl methyl sites for hydroxylation is 1. The number of alkyl halides is 1. The highest BCUT2D eigenvalue weighted by atomic mass is 35.5. The van der Waals surface area contributed by atoms with Crippen LogP contribution in [-0.4, -0.2) is 12.6 Å². The fourth-order valence-corrected chi connectivity index (χ4v) is 3.65. The standard InChI is InChI=1S/C22H23B.C4H9Cl/c1-2-3-12-19-13-10-11-18-22(19)23(20-14-6-4-7-15-20)21-16-8-5-9-17-21;1-2-3-4-5/h4-11,13-18H,2-3,12H2,1H3;2-4H2,1H3. The molecule has 0 N–H and O–H groups in total. The Kier molecular flexibility index (Phi) is 10.5. The maximum absolute atomic E-state index is 5.30. The molecule has 0 heterocycles. The molecule has 0 saturated heterocycles. The van der Waals surface area contributed by atoms with E-state index in [2.05, 4.69) is 98.8 Å². The Morgan fingerprint density at radius 3 is 1.61 bits per heavy atom. The average molecular weight is 391 g/mol. The molecule has 0 amide bonds. The first-order valence-corrected chi connectivity index (χ1v) is 11.1. The first-order chi connectivity index (χ1) is 13.8. The highest BCUT2D eigenvalue weighted by Crippen LogP contribution is 2.05. The summed E-state index contributed by atoms with van der Waals surface area (Å²) < 4.78 is 0. The number of rotatable bonds is 8. The van der Waals surface area contributed by atoms with E-state index in [1.165, 1.54) is 41.2 Å². The van der Waals surface area contributed by atoms with Gasteiger partial charge < -0.3 is 0 Å². The molecule has 2 heteroatoms. The zero-order valence-corrected chi connectivity index (χ0v) is 18.0.